The van der Waals surface area contributed by atoms with E-state index in [1.165, 1.54) is 12.8 Å². The zero-order valence-corrected chi connectivity index (χ0v) is 10.4. The van der Waals surface area contributed by atoms with E-state index in [1.54, 1.807) is 0 Å². The molecule has 1 heterocycles. The predicted octanol–water partition coefficient (Wildman–Crippen LogP) is 0.332. The van der Waals surface area contributed by atoms with Crippen LogP contribution in [0.1, 0.15) is 12.8 Å². The number of morpholine rings is 1. The van der Waals surface area contributed by atoms with Crippen molar-refractivity contribution >= 4 is 0 Å². The average Bonchev–Trinajstić information content (AvgIpc) is 2.21. The van der Waals surface area contributed by atoms with Crippen LogP contribution in [0.2, 0.25) is 0 Å². The molecule has 2 rings (SSSR count). The third-order valence-corrected chi connectivity index (χ3v) is 3.54. The molecule has 1 unspecified atom stereocenters. The van der Waals surface area contributed by atoms with Gasteiger partial charge in [0.1, 0.15) is 0 Å². The van der Waals surface area contributed by atoms with Crippen LogP contribution in [-0.2, 0) is 9.47 Å². The van der Waals surface area contributed by atoms with E-state index in [0.29, 0.717) is 6.10 Å². The standard InChI is InChI=1S/C12H24N2O2/c1-13-7-10-5-11(6-10)16-9-12-8-14(2)3-4-15-12/h10-13H,3-9H2,1-2H3. The lowest BCUT2D eigenvalue weighted by molar-refractivity contribution is -0.104. The third kappa shape index (κ3) is 3.42. The highest BCUT2D eigenvalue weighted by Gasteiger charge is 2.30. The van der Waals surface area contributed by atoms with Crippen molar-refractivity contribution in [2.45, 2.75) is 25.0 Å². The first-order valence-electron chi connectivity index (χ1n) is 6.34. The number of nitrogens with zero attached hydrogens (tertiary/aromatic N) is 1. The fourth-order valence-electron chi connectivity index (χ4n) is 2.48. The van der Waals surface area contributed by atoms with Crippen LogP contribution in [0.4, 0.5) is 0 Å². The molecule has 0 amide bonds. The van der Waals surface area contributed by atoms with Crippen molar-refractivity contribution < 1.29 is 9.47 Å². The van der Waals surface area contributed by atoms with E-state index < -0.39 is 0 Å². The van der Waals surface area contributed by atoms with Crippen LogP contribution in [0.25, 0.3) is 0 Å². The van der Waals surface area contributed by atoms with Crippen LogP contribution >= 0.6 is 0 Å². The Labute approximate surface area is 98.3 Å². The molecule has 0 bridgehead atoms. The number of rotatable bonds is 5. The quantitative estimate of drug-likeness (QED) is 0.735. The molecule has 0 aromatic carbocycles. The molecule has 94 valence electrons. The highest BCUT2D eigenvalue weighted by molar-refractivity contribution is 4.82. The van der Waals surface area contributed by atoms with E-state index in [9.17, 15) is 0 Å². The molecule has 1 atom stereocenters. The number of likely N-dealkylation sites (N-methyl/N-ethyl adjacent to an activating group) is 1. The highest BCUT2D eigenvalue weighted by Crippen LogP contribution is 2.29. The monoisotopic (exact) mass is 228 g/mol. The van der Waals surface area contributed by atoms with E-state index in [-0.39, 0.29) is 6.10 Å². The van der Waals surface area contributed by atoms with Crippen LogP contribution in [0.3, 0.4) is 0 Å². The summed E-state index contributed by atoms with van der Waals surface area (Å²) in [5.74, 6) is 0.824. The van der Waals surface area contributed by atoms with Crippen molar-refractivity contribution in [2.75, 3.05) is 46.9 Å². The molecule has 0 radical (unpaired) electrons. The molecule has 1 saturated carbocycles. The molecule has 0 aromatic rings. The maximum Gasteiger partial charge on any atom is 0.0935 e. The molecular formula is C12H24N2O2. The van der Waals surface area contributed by atoms with Gasteiger partial charge in [-0.05, 0) is 39.4 Å². The zero-order chi connectivity index (χ0) is 11.4. The van der Waals surface area contributed by atoms with Gasteiger partial charge in [0.15, 0.2) is 0 Å². The highest BCUT2D eigenvalue weighted by atomic mass is 16.5. The van der Waals surface area contributed by atoms with Gasteiger partial charge in [-0.1, -0.05) is 0 Å². The van der Waals surface area contributed by atoms with Crippen molar-refractivity contribution in [3.05, 3.63) is 0 Å². The number of hydrogen-bond donors (Lipinski definition) is 1. The maximum atomic E-state index is 5.86. The van der Waals surface area contributed by atoms with E-state index in [2.05, 4.69) is 17.3 Å². The molecule has 4 heteroatoms. The van der Waals surface area contributed by atoms with Gasteiger partial charge in [-0.3, -0.25) is 0 Å². The van der Waals surface area contributed by atoms with Crippen molar-refractivity contribution in [1.29, 1.82) is 0 Å². The number of ether oxygens (including phenoxy) is 2. The van der Waals surface area contributed by atoms with Crippen molar-refractivity contribution in [3.8, 4) is 0 Å². The summed E-state index contributed by atoms with van der Waals surface area (Å²) in [4.78, 5) is 2.31. The van der Waals surface area contributed by atoms with Gasteiger partial charge in [-0.25, -0.2) is 0 Å². The molecule has 1 aliphatic carbocycles. The summed E-state index contributed by atoms with van der Waals surface area (Å²) in [5, 5.41) is 3.21. The Hall–Kier alpha value is -0.160. The van der Waals surface area contributed by atoms with E-state index in [0.717, 1.165) is 38.8 Å². The van der Waals surface area contributed by atoms with Gasteiger partial charge in [-0.2, -0.15) is 0 Å². The van der Waals surface area contributed by atoms with E-state index >= 15 is 0 Å². The average molecular weight is 228 g/mol. The smallest absolute Gasteiger partial charge is 0.0935 e. The molecule has 1 saturated heterocycles. The lowest BCUT2D eigenvalue weighted by Gasteiger charge is -2.37. The van der Waals surface area contributed by atoms with Gasteiger partial charge < -0.3 is 19.7 Å². The fourth-order valence-corrected chi connectivity index (χ4v) is 2.48. The van der Waals surface area contributed by atoms with Crippen LogP contribution in [0, 0.1) is 5.92 Å². The summed E-state index contributed by atoms with van der Waals surface area (Å²) in [6, 6.07) is 0. The molecule has 2 fully saturated rings. The molecule has 1 N–H and O–H groups in total. The fraction of sp³-hybridized carbons (Fsp3) is 1.00. The largest absolute Gasteiger partial charge is 0.375 e. The van der Waals surface area contributed by atoms with Gasteiger partial charge in [-0.15, -0.1) is 0 Å². The van der Waals surface area contributed by atoms with Crippen LogP contribution in [-0.4, -0.2) is 64.1 Å². The van der Waals surface area contributed by atoms with Crippen molar-refractivity contribution in [3.63, 3.8) is 0 Å². The molecular weight excluding hydrogens is 204 g/mol. The summed E-state index contributed by atoms with van der Waals surface area (Å²) in [5.41, 5.74) is 0. The molecule has 1 aliphatic heterocycles. The van der Waals surface area contributed by atoms with Gasteiger partial charge in [0.25, 0.3) is 0 Å². The Bertz CT molecular complexity index is 207. The Balaban J connectivity index is 1.55. The second kappa shape index (κ2) is 5.96. The van der Waals surface area contributed by atoms with Gasteiger partial charge in [0, 0.05) is 13.1 Å². The van der Waals surface area contributed by atoms with E-state index in [1.807, 2.05) is 7.05 Å². The van der Waals surface area contributed by atoms with Crippen molar-refractivity contribution in [2.24, 2.45) is 5.92 Å². The van der Waals surface area contributed by atoms with Crippen LogP contribution < -0.4 is 5.32 Å². The lowest BCUT2D eigenvalue weighted by Crippen LogP contribution is -2.44. The normalized spacial score (nSPS) is 36.0. The van der Waals surface area contributed by atoms with Gasteiger partial charge in [0.05, 0.1) is 25.4 Å². The van der Waals surface area contributed by atoms with Crippen molar-refractivity contribution in [1.82, 2.24) is 10.2 Å². The second-order valence-electron chi connectivity index (χ2n) is 5.11. The van der Waals surface area contributed by atoms with Gasteiger partial charge >= 0.3 is 0 Å². The molecule has 0 aromatic heterocycles. The summed E-state index contributed by atoms with van der Waals surface area (Å²) in [6.07, 6.45) is 3.18. The summed E-state index contributed by atoms with van der Waals surface area (Å²) < 4.78 is 11.5. The lowest BCUT2D eigenvalue weighted by atomic mass is 9.82. The Morgan fingerprint density at radius 1 is 1.44 bits per heavy atom. The Kier molecular flexibility index (Phi) is 4.58. The SMILES string of the molecule is CNCC1CC(OCC2CN(C)CCO2)C1. The summed E-state index contributed by atoms with van der Waals surface area (Å²) in [7, 11) is 4.15. The Morgan fingerprint density at radius 2 is 2.25 bits per heavy atom. The molecule has 16 heavy (non-hydrogen) atoms. The van der Waals surface area contributed by atoms with Crippen LogP contribution in [0.5, 0.6) is 0 Å². The minimum Gasteiger partial charge on any atom is -0.375 e. The van der Waals surface area contributed by atoms with Gasteiger partial charge in [0.2, 0.25) is 0 Å². The van der Waals surface area contributed by atoms with Crippen LogP contribution in [0.15, 0.2) is 0 Å². The molecule has 2 aliphatic rings. The maximum absolute atomic E-state index is 5.86. The first-order valence-corrected chi connectivity index (χ1v) is 6.34. The zero-order valence-electron chi connectivity index (χ0n) is 10.4. The number of nitrogens with one attached hydrogen (secondary N) is 1. The number of hydrogen-bond acceptors (Lipinski definition) is 4. The Morgan fingerprint density at radius 3 is 2.94 bits per heavy atom. The first-order chi connectivity index (χ1) is 7.78. The predicted molar refractivity (Wildman–Crippen MR) is 63.6 cm³/mol. The minimum atomic E-state index is 0.280. The molecule has 0 spiro atoms. The summed E-state index contributed by atoms with van der Waals surface area (Å²) >= 11 is 0. The topological polar surface area (TPSA) is 33.7 Å². The minimum absolute atomic E-state index is 0.280. The summed E-state index contributed by atoms with van der Waals surface area (Å²) in [6.45, 7) is 4.79. The second-order valence-corrected chi connectivity index (χ2v) is 5.11. The van der Waals surface area contributed by atoms with E-state index in [4.69, 9.17) is 9.47 Å². The molecule has 4 nitrogen and oxygen atoms in total. The third-order valence-electron chi connectivity index (χ3n) is 3.54. The first kappa shape index (κ1) is 12.3.